The van der Waals surface area contributed by atoms with Crippen molar-refractivity contribution >= 4 is 35.3 Å². The third kappa shape index (κ3) is 5.07. The van der Waals surface area contributed by atoms with Crippen LogP contribution in [0.1, 0.15) is 33.1 Å². The van der Waals surface area contributed by atoms with Crippen molar-refractivity contribution in [2.45, 2.75) is 19.0 Å². The lowest BCUT2D eigenvalue weighted by Gasteiger charge is -2.15. The normalized spacial score (nSPS) is 18.8. The second-order valence-corrected chi connectivity index (χ2v) is 8.75. The summed E-state index contributed by atoms with van der Waals surface area (Å²) in [6.45, 7) is 2.01. The highest BCUT2D eigenvalue weighted by atomic mass is 35.5. The summed E-state index contributed by atoms with van der Waals surface area (Å²) < 4.78 is 1.77. The number of hydrogen-bond acceptors (Lipinski definition) is 3. The van der Waals surface area contributed by atoms with Crippen LogP contribution in [0.3, 0.4) is 0 Å². The van der Waals surface area contributed by atoms with Gasteiger partial charge in [0, 0.05) is 41.5 Å². The average molecular weight is 462 g/mol. The summed E-state index contributed by atoms with van der Waals surface area (Å²) in [6.07, 6.45) is 1.89. The molecule has 3 aromatic carbocycles. The molecule has 7 heteroatoms. The minimum Gasteiger partial charge on any atom is -0.378 e. The third-order valence-corrected chi connectivity index (χ3v) is 5.90. The average Bonchev–Trinajstić information content (AvgIpc) is 3.09. The number of hydrazine groups is 1. The van der Waals surface area contributed by atoms with Crippen molar-refractivity contribution in [3.63, 3.8) is 0 Å². The summed E-state index contributed by atoms with van der Waals surface area (Å²) in [7, 11) is 3.97. The zero-order chi connectivity index (χ0) is 23.5. The lowest BCUT2D eigenvalue weighted by Crippen LogP contribution is -2.42. The first-order chi connectivity index (χ1) is 15.8. The number of aryl methyl sites for hydroxylation is 1. The van der Waals surface area contributed by atoms with E-state index in [1.807, 2.05) is 80.7 Å². The van der Waals surface area contributed by atoms with E-state index in [-0.39, 0.29) is 11.8 Å². The van der Waals surface area contributed by atoms with Gasteiger partial charge in [-0.25, -0.2) is 0 Å². The van der Waals surface area contributed by atoms with E-state index in [9.17, 15) is 9.59 Å². The van der Waals surface area contributed by atoms with E-state index >= 15 is 0 Å². The molecule has 6 nitrogen and oxygen atoms in total. The summed E-state index contributed by atoms with van der Waals surface area (Å²) in [6, 6.07) is 21.4. The van der Waals surface area contributed by atoms with E-state index in [1.165, 1.54) is 0 Å². The van der Waals surface area contributed by atoms with Gasteiger partial charge in [-0.1, -0.05) is 41.4 Å². The number of halogens is 1. The maximum absolute atomic E-state index is 13.0. The Hall–Kier alpha value is -3.64. The van der Waals surface area contributed by atoms with Crippen molar-refractivity contribution in [1.82, 2.24) is 10.7 Å². The molecule has 33 heavy (non-hydrogen) atoms. The van der Waals surface area contributed by atoms with Crippen molar-refractivity contribution in [1.29, 1.82) is 0 Å². The zero-order valence-corrected chi connectivity index (χ0v) is 19.5. The number of rotatable bonds is 5. The summed E-state index contributed by atoms with van der Waals surface area (Å²) in [5, 5.41) is 3.45. The van der Waals surface area contributed by atoms with Crippen LogP contribution in [0.4, 0.5) is 5.69 Å². The first-order valence-electron chi connectivity index (χ1n) is 10.7. The predicted molar refractivity (Wildman–Crippen MR) is 131 cm³/mol. The molecule has 3 aromatic rings. The number of nitrogens with one attached hydrogen (secondary N) is 2. The standard InChI is InChI=1S/C26H25ClN4O2/c1-17-4-8-19(9-5-17)24-23(28-25(32)20-10-12-21(27)13-11-20)26(33)29-31(24)16-18-6-14-22(15-7-18)30(2)3/h4-16,23-24H,1-3H3,(H-,28,29,32,33)/p+1/t23-,24+/m0/s1. The van der Waals surface area contributed by atoms with Gasteiger partial charge in [0.15, 0.2) is 6.04 Å². The number of carbonyl (C=O) groups is 2. The van der Waals surface area contributed by atoms with Crippen molar-refractivity contribution < 1.29 is 14.3 Å². The number of carbonyl (C=O) groups excluding carboxylic acids is 2. The zero-order valence-electron chi connectivity index (χ0n) is 18.7. The number of hydrogen-bond donors (Lipinski definition) is 2. The Bertz CT molecular complexity index is 1190. The van der Waals surface area contributed by atoms with Crippen molar-refractivity contribution in [2.24, 2.45) is 0 Å². The Balaban J connectivity index is 1.68. The minimum atomic E-state index is -0.770. The van der Waals surface area contributed by atoms with Gasteiger partial charge in [-0.2, -0.15) is 0 Å². The van der Waals surface area contributed by atoms with Gasteiger partial charge >= 0.3 is 5.91 Å². The Morgan fingerprint density at radius 2 is 1.64 bits per heavy atom. The molecule has 2 atom stereocenters. The SMILES string of the molecule is Cc1ccc([C@@H]2[C@H](NC(=O)c3ccc(Cl)cc3)C(=O)N/[N+]2=C\c2ccc(N(C)C)cc2)cc1. The highest BCUT2D eigenvalue weighted by Gasteiger charge is 2.47. The number of benzene rings is 3. The van der Waals surface area contributed by atoms with Crippen LogP contribution in [-0.4, -0.2) is 42.9 Å². The Morgan fingerprint density at radius 3 is 2.24 bits per heavy atom. The molecule has 4 rings (SSSR count). The molecule has 0 unspecified atom stereocenters. The van der Waals surface area contributed by atoms with Crippen LogP contribution in [0.15, 0.2) is 72.8 Å². The largest absolute Gasteiger partial charge is 0.378 e. The van der Waals surface area contributed by atoms with Crippen LogP contribution in [-0.2, 0) is 4.79 Å². The molecule has 0 radical (unpaired) electrons. The van der Waals surface area contributed by atoms with Gasteiger partial charge in [0.05, 0.1) is 0 Å². The fourth-order valence-electron chi connectivity index (χ4n) is 3.79. The van der Waals surface area contributed by atoms with E-state index in [2.05, 4.69) is 10.7 Å². The van der Waals surface area contributed by atoms with Crippen molar-refractivity contribution in [2.75, 3.05) is 19.0 Å². The lowest BCUT2D eigenvalue weighted by molar-refractivity contribution is -0.596. The van der Waals surface area contributed by atoms with Gasteiger partial charge in [-0.15, -0.1) is 10.1 Å². The number of nitrogens with zero attached hydrogens (tertiary/aromatic N) is 2. The molecule has 0 aromatic heterocycles. The highest BCUT2D eigenvalue weighted by molar-refractivity contribution is 6.30. The lowest BCUT2D eigenvalue weighted by atomic mass is 9.98. The van der Waals surface area contributed by atoms with E-state index in [0.717, 1.165) is 22.4 Å². The second kappa shape index (κ2) is 9.46. The summed E-state index contributed by atoms with van der Waals surface area (Å²) >= 11 is 5.94. The first-order valence-corrected chi connectivity index (χ1v) is 11.0. The topological polar surface area (TPSA) is 64.5 Å². The fourth-order valence-corrected chi connectivity index (χ4v) is 3.92. The van der Waals surface area contributed by atoms with Crippen LogP contribution in [0.25, 0.3) is 0 Å². The van der Waals surface area contributed by atoms with Gasteiger partial charge in [0.1, 0.15) is 0 Å². The fraction of sp³-hybridized carbons (Fsp3) is 0.192. The van der Waals surface area contributed by atoms with Crippen LogP contribution >= 0.6 is 11.6 Å². The Labute approximate surface area is 198 Å². The molecule has 1 aliphatic rings. The van der Waals surface area contributed by atoms with Crippen LogP contribution in [0, 0.1) is 6.92 Å². The molecule has 0 saturated carbocycles. The molecule has 1 saturated heterocycles. The van der Waals surface area contributed by atoms with Gasteiger partial charge in [-0.3, -0.25) is 9.59 Å². The molecule has 0 aliphatic carbocycles. The summed E-state index contributed by atoms with van der Waals surface area (Å²) in [4.78, 5) is 27.9. The van der Waals surface area contributed by atoms with Crippen molar-refractivity contribution in [3.05, 3.63) is 100 Å². The Morgan fingerprint density at radius 1 is 1.00 bits per heavy atom. The van der Waals surface area contributed by atoms with E-state index in [0.29, 0.717) is 10.6 Å². The molecule has 2 N–H and O–H groups in total. The molecule has 1 heterocycles. The monoisotopic (exact) mass is 461 g/mol. The van der Waals surface area contributed by atoms with Crippen LogP contribution in [0.2, 0.25) is 5.02 Å². The molecule has 0 spiro atoms. The number of hydrazone groups is 1. The Kier molecular flexibility index (Phi) is 6.47. The van der Waals surface area contributed by atoms with Crippen LogP contribution in [0.5, 0.6) is 0 Å². The van der Waals surface area contributed by atoms with Gasteiger partial charge in [0.2, 0.25) is 12.3 Å². The summed E-state index contributed by atoms with van der Waals surface area (Å²) in [5.41, 5.74) is 7.41. The van der Waals surface area contributed by atoms with Gasteiger partial charge in [0.25, 0.3) is 5.91 Å². The van der Waals surface area contributed by atoms with Gasteiger partial charge in [-0.05, 0) is 55.5 Å². The smallest absolute Gasteiger partial charge is 0.304 e. The predicted octanol–water partition coefficient (Wildman–Crippen LogP) is 3.73. The minimum absolute atomic E-state index is 0.274. The molecular weight excluding hydrogens is 436 g/mol. The third-order valence-electron chi connectivity index (χ3n) is 5.65. The van der Waals surface area contributed by atoms with E-state index in [4.69, 9.17) is 11.6 Å². The maximum Gasteiger partial charge on any atom is 0.304 e. The number of amides is 2. The molecule has 2 amide bonds. The van der Waals surface area contributed by atoms with E-state index in [1.54, 1.807) is 28.9 Å². The quantitative estimate of drug-likeness (QED) is 0.569. The molecular formula is C26H26ClN4O2+. The highest BCUT2D eigenvalue weighted by Crippen LogP contribution is 2.26. The van der Waals surface area contributed by atoms with Crippen molar-refractivity contribution in [3.8, 4) is 0 Å². The van der Waals surface area contributed by atoms with Crippen LogP contribution < -0.4 is 15.6 Å². The molecule has 0 bridgehead atoms. The molecule has 168 valence electrons. The first kappa shape index (κ1) is 22.6. The molecule has 1 fully saturated rings. The summed E-state index contributed by atoms with van der Waals surface area (Å²) in [5.74, 6) is -0.606. The number of anilines is 1. The van der Waals surface area contributed by atoms with Gasteiger partial charge < -0.3 is 10.2 Å². The second-order valence-electron chi connectivity index (χ2n) is 8.31. The maximum atomic E-state index is 13.0. The molecule has 1 aliphatic heterocycles. The van der Waals surface area contributed by atoms with E-state index < -0.39 is 12.1 Å².